The van der Waals surface area contributed by atoms with E-state index in [1.165, 1.54) is 27.4 Å². The lowest BCUT2D eigenvalue weighted by Gasteiger charge is -2.15. The fraction of sp³-hybridized carbons (Fsp3) is 0.250. The Morgan fingerprint density at radius 3 is 2.21 bits per heavy atom. The van der Waals surface area contributed by atoms with E-state index in [1.54, 1.807) is 13.0 Å². The summed E-state index contributed by atoms with van der Waals surface area (Å²) in [6.45, 7) is 1.65. The van der Waals surface area contributed by atoms with Crippen molar-refractivity contribution in [1.29, 1.82) is 0 Å². The molecular formula is C20H20N2O6. The molecule has 0 bridgehead atoms. The van der Waals surface area contributed by atoms with Crippen molar-refractivity contribution in [3.05, 3.63) is 53.9 Å². The number of carbonyl (C=O) groups is 1. The monoisotopic (exact) mass is 384 g/mol. The molecule has 8 heteroatoms. The number of rotatable bonds is 7. The highest BCUT2D eigenvalue weighted by atomic mass is 16.6. The molecule has 0 aliphatic heterocycles. The molecule has 146 valence electrons. The van der Waals surface area contributed by atoms with E-state index in [0.717, 1.165) is 5.56 Å². The van der Waals surface area contributed by atoms with Crippen molar-refractivity contribution in [3.8, 4) is 28.7 Å². The van der Waals surface area contributed by atoms with Crippen molar-refractivity contribution in [2.45, 2.75) is 13.0 Å². The molecule has 0 fully saturated rings. The standard InChI is InChI=1S/C20H20N2O6/c1-12(18-21-22-19(28-18)13-8-6-5-7-9-13)27-20(23)14-10-16(25-3)17(26-4)11-15(14)24-2/h5-12H,1-4H3/t12-/m1/s1. The fourth-order valence-electron chi connectivity index (χ4n) is 2.56. The van der Waals surface area contributed by atoms with Crippen molar-refractivity contribution in [2.75, 3.05) is 21.3 Å². The number of nitrogens with zero attached hydrogens (tertiary/aromatic N) is 2. The SMILES string of the molecule is COc1cc(OC)c(C(=O)O[C@H](C)c2nnc(-c3ccccc3)o2)cc1OC. The summed E-state index contributed by atoms with van der Waals surface area (Å²) in [6, 6.07) is 12.4. The van der Waals surface area contributed by atoms with Crippen molar-refractivity contribution in [3.63, 3.8) is 0 Å². The Labute approximate surface area is 162 Å². The molecule has 3 rings (SSSR count). The summed E-state index contributed by atoms with van der Waals surface area (Å²) in [7, 11) is 4.43. The molecule has 28 heavy (non-hydrogen) atoms. The number of hydrogen-bond acceptors (Lipinski definition) is 8. The maximum atomic E-state index is 12.7. The number of aromatic nitrogens is 2. The third-order valence-corrected chi connectivity index (χ3v) is 4.02. The number of carbonyl (C=O) groups excluding carboxylic acids is 1. The highest BCUT2D eigenvalue weighted by molar-refractivity contribution is 5.93. The first-order valence-electron chi connectivity index (χ1n) is 8.47. The van der Waals surface area contributed by atoms with Gasteiger partial charge in [0.05, 0.1) is 21.3 Å². The van der Waals surface area contributed by atoms with Crippen LogP contribution in [0.2, 0.25) is 0 Å². The highest BCUT2D eigenvalue weighted by Crippen LogP contribution is 2.35. The van der Waals surface area contributed by atoms with Crippen LogP contribution in [0.15, 0.2) is 46.9 Å². The minimum atomic E-state index is -0.754. The molecule has 0 saturated heterocycles. The molecule has 1 heterocycles. The van der Waals surface area contributed by atoms with Gasteiger partial charge in [0.15, 0.2) is 17.6 Å². The zero-order valence-corrected chi connectivity index (χ0v) is 16.0. The third kappa shape index (κ3) is 3.90. The predicted octanol–water partition coefficient (Wildman–Crippen LogP) is 3.68. The summed E-state index contributed by atoms with van der Waals surface area (Å²) < 4.78 is 26.8. The summed E-state index contributed by atoms with van der Waals surface area (Å²) in [6.07, 6.45) is -0.754. The minimum Gasteiger partial charge on any atom is -0.496 e. The topological polar surface area (TPSA) is 92.9 Å². The highest BCUT2D eigenvalue weighted by Gasteiger charge is 2.24. The van der Waals surface area contributed by atoms with Crippen LogP contribution in [0.4, 0.5) is 0 Å². The van der Waals surface area contributed by atoms with Crippen LogP contribution in [0.3, 0.4) is 0 Å². The van der Waals surface area contributed by atoms with E-state index in [-0.39, 0.29) is 11.5 Å². The van der Waals surface area contributed by atoms with E-state index >= 15 is 0 Å². The average molecular weight is 384 g/mol. The Kier molecular flexibility index (Phi) is 5.78. The van der Waals surface area contributed by atoms with Gasteiger partial charge in [-0.3, -0.25) is 0 Å². The molecule has 3 aromatic rings. The first-order chi connectivity index (χ1) is 13.6. The number of esters is 1. The summed E-state index contributed by atoms with van der Waals surface area (Å²) in [5.41, 5.74) is 0.969. The number of hydrogen-bond donors (Lipinski definition) is 0. The predicted molar refractivity (Wildman–Crippen MR) is 99.7 cm³/mol. The van der Waals surface area contributed by atoms with E-state index in [0.29, 0.717) is 23.1 Å². The van der Waals surface area contributed by atoms with Crippen LogP contribution in [0, 0.1) is 0 Å². The lowest BCUT2D eigenvalue weighted by atomic mass is 10.1. The maximum Gasteiger partial charge on any atom is 0.342 e. The maximum absolute atomic E-state index is 12.7. The van der Waals surface area contributed by atoms with E-state index in [2.05, 4.69) is 10.2 Å². The van der Waals surface area contributed by atoms with Crippen molar-refractivity contribution in [2.24, 2.45) is 0 Å². The molecule has 2 aromatic carbocycles. The molecule has 0 aliphatic rings. The average Bonchev–Trinajstić information content (AvgIpc) is 3.23. The van der Waals surface area contributed by atoms with Gasteiger partial charge in [-0.25, -0.2) is 4.79 Å². The van der Waals surface area contributed by atoms with Crippen LogP contribution in [0.25, 0.3) is 11.5 Å². The van der Waals surface area contributed by atoms with Gasteiger partial charge in [0, 0.05) is 17.7 Å². The van der Waals surface area contributed by atoms with Gasteiger partial charge in [-0.05, 0) is 19.1 Å². The molecule has 8 nitrogen and oxygen atoms in total. The van der Waals surface area contributed by atoms with Gasteiger partial charge in [0.2, 0.25) is 5.89 Å². The van der Waals surface area contributed by atoms with Crippen LogP contribution in [0.5, 0.6) is 17.2 Å². The molecule has 0 aliphatic carbocycles. The van der Waals surface area contributed by atoms with Crippen LogP contribution in [-0.2, 0) is 4.74 Å². The van der Waals surface area contributed by atoms with E-state index in [1.807, 2.05) is 30.3 Å². The van der Waals surface area contributed by atoms with Crippen LogP contribution in [-0.4, -0.2) is 37.5 Å². The molecule has 0 N–H and O–H groups in total. The summed E-state index contributed by atoms with van der Waals surface area (Å²) in [4.78, 5) is 12.7. The Balaban J connectivity index is 1.80. The van der Waals surface area contributed by atoms with Gasteiger partial charge in [0.25, 0.3) is 5.89 Å². The first-order valence-corrected chi connectivity index (χ1v) is 8.47. The molecule has 1 atom stereocenters. The number of benzene rings is 2. The summed E-state index contributed by atoms with van der Waals surface area (Å²) in [5, 5.41) is 7.98. The van der Waals surface area contributed by atoms with Gasteiger partial charge >= 0.3 is 5.97 Å². The Bertz CT molecular complexity index is 955. The second-order valence-electron chi connectivity index (χ2n) is 5.77. The summed E-state index contributed by atoms with van der Waals surface area (Å²) >= 11 is 0. The van der Waals surface area contributed by atoms with E-state index in [4.69, 9.17) is 23.4 Å². The Morgan fingerprint density at radius 2 is 1.57 bits per heavy atom. The third-order valence-electron chi connectivity index (χ3n) is 4.02. The van der Waals surface area contributed by atoms with Gasteiger partial charge in [-0.15, -0.1) is 10.2 Å². The largest absolute Gasteiger partial charge is 0.496 e. The van der Waals surface area contributed by atoms with Gasteiger partial charge in [0.1, 0.15) is 11.3 Å². The molecule has 0 spiro atoms. The quantitative estimate of drug-likeness (QED) is 0.570. The first kappa shape index (κ1) is 19.2. The Morgan fingerprint density at radius 1 is 0.929 bits per heavy atom. The fourth-order valence-corrected chi connectivity index (χ4v) is 2.56. The normalized spacial score (nSPS) is 11.6. The molecule has 0 radical (unpaired) electrons. The second kappa shape index (κ2) is 8.43. The number of methoxy groups -OCH3 is 3. The zero-order valence-electron chi connectivity index (χ0n) is 16.0. The van der Waals surface area contributed by atoms with Crippen LogP contribution in [0.1, 0.15) is 29.3 Å². The van der Waals surface area contributed by atoms with Crippen molar-refractivity contribution >= 4 is 5.97 Å². The molecule has 1 aromatic heterocycles. The molecular weight excluding hydrogens is 364 g/mol. The molecule has 0 saturated carbocycles. The second-order valence-corrected chi connectivity index (χ2v) is 5.77. The molecule has 0 unspecified atom stereocenters. The lowest BCUT2D eigenvalue weighted by Crippen LogP contribution is -2.11. The van der Waals surface area contributed by atoms with Crippen molar-refractivity contribution < 1.29 is 28.2 Å². The molecule has 0 amide bonds. The van der Waals surface area contributed by atoms with E-state index in [9.17, 15) is 4.79 Å². The van der Waals surface area contributed by atoms with Gasteiger partial charge in [-0.2, -0.15) is 0 Å². The minimum absolute atomic E-state index is 0.187. The number of ether oxygens (including phenoxy) is 4. The van der Waals surface area contributed by atoms with Crippen molar-refractivity contribution in [1.82, 2.24) is 10.2 Å². The van der Waals surface area contributed by atoms with Crippen LogP contribution >= 0.6 is 0 Å². The zero-order chi connectivity index (χ0) is 20.1. The lowest BCUT2D eigenvalue weighted by molar-refractivity contribution is 0.0276. The van der Waals surface area contributed by atoms with E-state index < -0.39 is 12.1 Å². The van der Waals surface area contributed by atoms with Gasteiger partial charge < -0.3 is 23.4 Å². The summed E-state index contributed by atoms with van der Waals surface area (Å²) in [5.74, 6) is 1.03. The van der Waals surface area contributed by atoms with Crippen LogP contribution < -0.4 is 14.2 Å². The smallest absolute Gasteiger partial charge is 0.342 e. The van der Waals surface area contributed by atoms with Gasteiger partial charge in [-0.1, -0.05) is 18.2 Å². The Hall–Kier alpha value is -3.55.